The van der Waals surface area contributed by atoms with E-state index in [1.807, 2.05) is 78.9 Å². The highest BCUT2D eigenvalue weighted by molar-refractivity contribution is 6.13. The summed E-state index contributed by atoms with van der Waals surface area (Å²) >= 11 is 0. The molecular weight excluding hydrogens is 642 g/mol. The molecule has 0 saturated heterocycles. The lowest BCUT2D eigenvalue weighted by Gasteiger charge is -2.28. The second-order valence-electron chi connectivity index (χ2n) is 11.8. The molecule has 4 N–H and O–H groups in total. The van der Waals surface area contributed by atoms with Crippen molar-refractivity contribution in [3.63, 3.8) is 0 Å². The molecule has 0 aliphatic carbocycles. The maximum Gasteiger partial charge on any atom is 0.335 e. The van der Waals surface area contributed by atoms with Crippen LogP contribution >= 0.6 is 0 Å². The summed E-state index contributed by atoms with van der Waals surface area (Å²) in [6, 6.07) is 43.9. The van der Waals surface area contributed by atoms with E-state index in [-0.39, 0.29) is 16.7 Å². The smallest absolute Gasteiger partial charge is 0.335 e. The molecule has 9 nitrogen and oxygen atoms in total. The summed E-state index contributed by atoms with van der Waals surface area (Å²) in [6.45, 7) is 0. The fraction of sp³-hybridized carbons (Fsp3) is 0. The lowest BCUT2D eigenvalue weighted by Crippen LogP contribution is -2.36. The van der Waals surface area contributed by atoms with Crippen LogP contribution in [0.1, 0.15) is 42.2 Å². The van der Waals surface area contributed by atoms with E-state index in [2.05, 4.69) is 5.43 Å². The van der Waals surface area contributed by atoms with E-state index in [0.29, 0.717) is 5.71 Å². The monoisotopic (exact) mass is 671 g/mol. The number of allylic oxidation sites excluding steroid dienone is 1. The summed E-state index contributed by atoms with van der Waals surface area (Å²) in [6.07, 6.45) is 1.97. The van der Waals surface area contributed by atoms with Crippen molar-refractivity contribution in [1.29, 1.82) is 0 Å². The summed E-state index contributed by atoms with van der Waals surface area (Å²) in [5.74, 6) is -2.91. The molecule has 6 aromatic carbocycles. The molecule has 7 rings (SSSR count). The Kier molecular flexibility index (Phi) is 8.67. The number of nitrogens with zero attached hydrogens (tertiary/aromatic N) is 2. The van der Waals surface area contributed by atoms with Crippen LogP contribution in [0.4, 0.5) is 5.69 Å². The van der Waals surface area contributed by atoms with E-state index in [1.54, 1.807) is 77.9 Å². The van der Waals surface area contributed by atoms with Crippen LogP contribution in [-0.2, 0) is 0 Å². The third-order valence-corrected chi connectivity index (χ3v) is 8.60. The Morgan fingerprint density at radius 1 is 0.412 bits per heavy atom. The standard InChI is InChI=1S/C42H29N3O6/c46-40(47)34-15-5-28(6-16-34)26-1-11-32(12-2-26)38-25-39(33-13-3-27(4-14-33)29-7-17-35(18-8-29)41(48)49)44-45(43-38)37-23-21-31(22-24-37)30-9-19-36(20-10-30)42(50)51/h1-25,43H,(H,46,47)(H,48,49)(H,50,51). The second kappa shape index (κ2) is 13.7. The van der Waals surface area contributed by atoms with Gasteiger partial charge in [-0.1, -0.05) is 97.1 Å². The highest BCUT2D eigenvalue weighted by Gasteiger charge is 2.18. The van der Waals surface area contributed by atoms with E-state index in [9.17, 15) is 29.7 Å². The first kappa shape index (κ1) is 32.3. The summed E-state index contributed by atoms with van der Waals surface area (Å²) < 4.78 is 0. The number of carboxylic acids is 3. The minimum atomic E-state index is -0.973. The van der Waals surface area contributed by atoms with Crippen LogP contribution in [0.25, 0.3) is 39.1 Å². The maximum atomic E-state index is 11.3. The minimum Gasteiger partial charge on any atom is -0.478 e. The first-order valence-electron chi connectivity index (χ1n) is 15.9. The predicted octanol–water partition coefficient (Wildman–Crippen LogP) is 8.55. The third-order valence-electron chi connectivity index (χ3n) is 8.60. The molecule has 51 heavy (non-hydrogen) atoms. The van der Waals surface area contributed by atoms with Gasteiger partial charge in [-0.3, -0.25) is 5.43 Å². The average Bonchev–Trinajstić information content (AvgIpc) is 3.18. The van der Waals surface area contributed by atoms with E-state index in [0.717, 1.165) is 55.9 Å². The molecule has 0 saturated carbocycles. The van der Waals surface area contributed by atoms with Crippen LogP contribution < -0.4 is 10.5 Å². The quantitative estimate of drug-likeness (QED) is 0.120. The van der Waals surface area contributed by atoms with E-state index in [1.165, 1.54) is 0 Å². The lowest BCUT2D eigenvalue weighted by atomic mass is 9.99. The highest BCUT2D eigenvalue weighted by Crippen LogP contribution is 2.29. The molecule has 0 aromatic heterocycles. The number of anilines is 1. The number of aromatic carboxylic acids is 3. The number of hydrogen-bond donors (Lipinski definition) is 4. The molecule has 9 heteroatoms. The number of hydrazone groups is 1. The summed E-state index contributed by atoms with van der Waals surface area (Å²) in [5.41, 5.74) is 13.6. The first-order chi connectivity index (χ1) is 24.7. The number of carbonyl (C=O) groups is 3. The molecule has 0 bridgehead atoms. The van der Waals surface area contributed by atoms with Crippen LogP contribution in [0, 0.1) is 0 Å². The van der Waals surface area contributed by atoms with E-state index in [4.69, 9.17) is 5.10 Å². The molecule has 0 atom stereocenters. The molecule has 6 aromatic rings. The number of nitrogens with one attached hydrogen (secondary N) is 1. The molecule has 248 valence electrons. The van der Waals surface area contributed by atoms with Gasteiger partial charge in [0.1, 0.15) is 0 Å². The van der Waals surface area contributed by atoms with Crippen molar-refractivity contribution in [2.45, 2.75) is 0 Å². The van der Waals surface area contributed by atoms with Crippen LogP contribution in [0.3, 0.4) is 0 Å². The summed E-state index contributed by atoms with van der Waals surface area (Å²) in [5, 5.41) is 34.4. The van der Waals surface area contributed by atoms with Crippen molar-refractivity contribution in [1.82, 2.24) is 5.43 Å². The van der Waals surface area contributed by atoms with Gasteiger partial charge in [-0.15, -0.1) is 0 Å². The van der Waals surface area contributed by atoms with Crippen LogP contribution in [0.15, 0.2) is 157 Å². The van der Waals surface area contributed by atoms with Crippen molar-refractivity contribution in [2.75, 3.05) is 5.12 Å². The van der Waals surface area contributed by atoms with Crippen molar-refractivity contribution in [2.24, 2.45) is 5.10 Å². The number of hydrogen-bond acceptors (Lipinski definition) is 6. The van der Waals surface area contributed by atoms with Crippen molar-refractivity contribution in [3.05, 3.63) is 179 Å². The van der Waals surface area contributed by atoms with Gasteiger partial charge in [0.15, 0.2) is 0 Å². The largest absolute Gasteiger partial charge is 0.478 e. The summed E-state index contributed by atoms with van der Waals surface area (Å²) in [7, 11) is 0. The molecule has 0 amide bonds. The number of carboxylic acid groups (broad SMARTS) is 3. The van der Waals surface area contributed by atoms with Gasteiger partial charge in [-0.2, -0.15) is 10.2 Å². The number of hydrazine groups is 1. The van der Waals surface area contributed by atoms with Gasteiger partial charge in [0.2, 0.25) is 0 Å². The molecule has 1 aliphatic heterocycles. The van der Waals surface area contributed by atoms with Gasteiger partial charge in [0.05, 0.1) is 33.8 Å². The van der Waals surface area contributed by atoms with Crippen LogP contribution in [0.2, 0.25) is 0 Å². The minimum absolute atomic E-state index is 0.224. The number of rotatable bonds is 9. The van der Waals surface area contributed by atoms with Crippen LogP contribution in [-0.4, -0.2) is 38.9 Å². The van der Waals surface area contributed by atoms with E-state index >= 15 is 0 Å². The topological polar surface area (TPSA) is 140 Å². The SMILES string of the molecule is O=C(O)c1ccc(-c2ccc(C3=CC(c4ccc(-c5ccc(C(=O)O)cc5)cc4)=NN(c4ccc(-c5ccc(C(=O)O)cc5)cc4)N3)cc2)cc1. The molecule has 0 fully saturated rings. The van der Waals surface area contributed by atoms with Gasteiger partial charge in [0.25, 0.3) is 0 Å². The number of benzene rings is 6. The maximum absolute atomic E-state index is 11.3. The predicted molar refractivity (Wildman–Crippen MR) is 197 cm³/mol. The zero-order valence-electron chi connectivity index (χ0n) is 26.9. The Labute approximate surface area is 292 Å². The second-order valence-corrected chi connectivity index (χ2v) is 11.8. The lowest BCUT2D eigenvalue weighted by molar-refractivity contribution is 0.0686. The molecule has 0 radical (unpaired) electrons. The Morgan fingerprint density at radius 3 is 1.06 bits per heavy atom. The van der Waals surface area contributed by atoms with Gasteiger partial charge in [-0.25, -0.2) is 14.4 Å². The highest BCUT2D eigenvalue weighted by atomic mass is 16.4. The first-order valence-corrected chi connectivity index (χ1v) is 15.9. The van der Waals surface area contributed by atoms with Crippen molar-refractivity contribution in [3.8, 4) is 33.4 Å². The van der Waals surface area contributed by atoms with E-state index < -0.39 is 17.9 Å². The third kappa shape index (κ3) is 6.99. The van der Waals surface area contributed by atoms with Gasteiger partial charge in [0, 0.05) is 5.56 Å². The normalized spacial score (nSPS) is 12.4. The fourth-order valence-corrected chi connectivity index (χ4v) is 5.74. The zero-order chi connectivity index (χ0) is 35.5. The van der Waals surface area contributed by atoms with Gasteiger partial charge in [-0.05, 0) is 93.6 Å². The zero-order valence-corrected chi connectivity index (χ0v) is 26.9. The molecule has 1 heterocycles. The van der Waals surface area contributed by atoms with Crippen LogP contribution in [0.5, 0.6) is 0 Å². The molecule has 0 spiro atoms. The molecular formula is C42H29N3O6. The molecule has 0 unspecified atom stereocenters. The Morgan fingerprint density at radius 2 is 0.706 bits per heavy atom. The fourth-order valence-electron chi connectivity index (χ4n) is 5.74. The van der Waals surface area contributed by atoms with Crippen molar-refractivity contribution < 1.29 is 29.7 Å². The van der Waals surface area contributed by atoms with Crippen molar-refractivity contribution >= 4 is 35.0 Å². The Bertz CT molecular complexity index is 2310. The average molecular weight is 672 g/mol. The van der Waals surface area contributed by atoms with Gasteiger partial charge >= 0.3 is 17.9 Å². The Hall–Kier alpha value is -7.26. The summed E-state index contributed by atoms with van der Waals surface area (Å²) in [4.78, 5) is 33.9. The van der Waals surface area contributed by atoms with Gasteiger partial charge < -0.3 is 15.3 Å². The molecule has 1 aliphatic rings. The Balaban J connectivity index is 1.20.